The molecule has 0 atom stereocenters. The monoisotopic (exact) mass is 339 g/mol. The maximum absolute atomic E-state index is 9.84. The molecule has 0 saturated carbocycles. The van der Waals surface area contributed by atoms with Crippen LogP contribution in [0.5, 0.6) is 0 Å². The van der Waals surface area contributed by atoms with E-state index in [4.69, 9.17) is 9.15 Å². The van der Waals surface area contributed by atoms with Gasteiger partial charge in [0.25, 0.3) is 0 Å². The topological polar surface area (TPSA) is 80.4 Å². The molecule has 0 amide bonds. The fourth-order valence-electron chi connectivity index (χ4n) is 3.21. The van der Waals surface area contributed by atoms with Crippen LogP contribution < -0.4 is 5.32 Å². The van der Waals surface area contributed by atoms with Crippen molar-refractivity contribution >= 4 is 16.9 Å². The van der Waals surface area contributed by atoms with Gasteiger partial charge in [-0.3, -0.25) is 0 Å². The highest BCUT2D eigenvalue weighted by atomic mass is 16.5. The maximum Gasteiger partial charge on any atom is 0.231 e. The van der Waals surface area contributed by atoms with E-state index in [1.807, 2.05) is 36.4 Å². The molecule has 4 rings (SSSR count). The van der Waals surface area contributed by atoms with Gasteiger partial charge in [0.2, 0.25) is 5.71 Å². The van der Waals surface area contributed by atoms with Crippen LogP contribution in [0.4, 0.5) is 5.82 Å². The molecule has 25 heavy (non-hydrogen) atoms. The predicted molar refractivity (Wildman–Crippen MR) is 95.3 cm³/mol. The quantitative estimate of drug-likeness (QED) is 0.743. The van der Waals surface area contributed by atoms with Crippen LogP contribution in [0.25, 0.3) is 22.4 Å². The van der Waals surface area contributed by atoms with E-state index in [2.05, 4.69) is 15.3 Å². The summed E-state index contributed by atoms with van der Waals surface area (Å²) in [6, 6.07) is 11.9. The molecule has 130 valence electrons. The average molecular weight is 339 g/mol. The van der Waals surface area contributed by atoms with Crippen LogP contribution in [0.2, 0.25) is 0 Å². The predicted octanol–water partition coefficient (Wildman–Crippen LogP) is 3.09. The lowest BCUT2D eigenvalue weighted by Gasteiger charge is -2.35. The zero-order valence-corrected chi connectivity index (χ0v) is 13.9. The molecule has 0 aliphatic carbocycles. The van der Waals surface area contributed by atoms with Gasteiger partial charge in [-0.15, -0.1) is 0 Å². The molecule has 0 bridgehead atoms. The average Bonchev–Trinajstić information content (AvgIpc) is 3.13. The molecule has 2 N–H and O–H groups in total. The molecule has 6 nitrogen and oxygen atoms in total. The third-order valence-corrected chi connectivity index (χ3v) is 4.91. The molecule has 1 aliphatic rings. The second kappa shape index (κ2) is 6.82. The molecule has 0 unspecified atom stereocenters. The van der Waals surface area contributed by atoms with E-state index in [-0.39, 0.29) is 12.0 Å². The van der Waals surface area contributed by atoms with Crippen LogP contribution in [-0.2, 0) is 4.74 Å². The number of nitrogens with one attached hydrogen (secondary N) is 1. The Morgan fingerprint density at radius 3 is 2.68 bits per heavy atom. The summed E-state index contributed by atoms with van der Waals surface area (Å²) < 4.78 is 11.3. The van der Waals surface area contributed by atoms with Crippen molar-refractivity contribution in [2.75, 3.05) is 31.7 Å². The summed E-state index contributed by atoms with van der Waals surface area (Å²) in [5.41, 5.74) is 1.39. The first kappa shape index (κ1) is 16.1. The molecule has 0 radical (unpaired) electrons. The second-order valence-corrected chi connectivity index (χ2v) is 6.54. The molecule has 1 aliphatic heterocycles. The van der Waals surface area contributed by atoms with Crippen LogP contribution >= 0.6 is 0 Å². The Morgan fingerprint density at radius 1 is 1.12 bits per heavy atom. The molecular formula is C19H21N3O3. The summed E-state index contributed by atoms with van der Waals surface area (Å²) in [5.74, 6) is 1.50. The Hall–Kier alpha value is -2.44. The number of nitrogens with zero attached hydrogens (tertiary/aromatic N) is 2. The number of benzene rings is 1. The highest BCUT2D eigenvalue weighted by molar-refractivity contribution is 5.89. The SMILES string of the molecule is OCC1(CNc2ncnc3oc(-c4ccccc4)cc23)CCOCC1. The number of hydrogen-bond donors (Lipinski definition) is 2. The van der Waals surface area contributed by atoms with Crippen LogP contribution in [0.1, 0.15) is 12.8 Å². The van der Waals surface area contributed by atoms with Crippen molar-refractivity contribution in [3.8, 4) is 11.3 Å². The fraction of sp³-hybridized carbons (Fsp3) is 0.368. The van der Waals surface area contributed by atoms with E-state index in [9.17, 15) is 5.11 Å². The molecule has 1 saturated heterocycles. The fourth-order valence-corrected chi connectivity index (χ4v) is 3.21. The number of aromatic nitrogens is 2. The highest BCUT2D eigenvalue weighted by Gasteiger charge is 2.32. The number of aliphatic hydroxyl groups excluding tert-OH is 1. The minimum Gasteiger partial charge on any atom is -0.438 e. The van der Waals surface area contributed by atoms with Gasteiger partial charge in [0.05, 0.1) is 12.0 Å². The van der Waals surface area contributed by atoms with Crippen LogP contribution in [0.15, 0.2) is 47.1 Å². The van der Waals surface area contributed by atoms with Crippen molar-refractivity contribution in [2.45, 2.75) is 12.8 Å². The Balaban J connectivity index is 1.60. The molecule has 2 aromatic heterocycles. The molecule has 6 heteroatoms. The van der Waals surface area contributed by atoms with Crippen molar-refractivity contribution < 1.29 is 14.3 Å². The zero-order chi connectivity index (χ0) is 17.1. The second-order valence-electron chi connectivity index (χ2n) is 6.54. The molecular weight excluding hydrogens is 318 g/mol. The van der Waals surface area contributed by atoms with Crippen molar-refractivity contribution in [3.63, 3.8) is 0 Å². The standard InChI is InChI=1S/C19H21N3O3/c23-12-19(6-8-24-9-7-19)11-20-17-15-10-16(14-4-2-1-3-5-14)25-18(15)22-13-21-17/h1-5,10,13,23H,6-9,11-12H2,(H,20,21,22). The number of hydrogen-bond acceptors (Lipinski definition) is 6. The number of ether oxygens (including phenoxy) is 1. The normalized spacial score (nSPS) is 16.8. The summed E-state index contributed by atoms with van der Waals surface area (Å²) in [6.07, 6.45) is 3.18. The third kappa shape index (κ3) is 3.23. The van der Waals surface area contributed by atoms with Gasteiger partial charge in [0, 0.05) is 30.7 Å². The van der Waals surface area contributed by atoms with Crippen molar-refractivity contribution in [1.82, 2.24) is 9.97 Å². The van der Waals surface area contributed by atoms with E-state index in [1.165, 1.54) is 6.33 Å². The lowest BCUT2D eigenvalue weighted by atomic mass is 9.81. The molecule has 1 aromatic carbocycles. The maximum atomic E-state index is 9.84. The zero-order valence-electron chi connectivity index (χ0n) is 13.9. The molecule has 0 spiro atoms. The van der Waals surface area contributed by atoms with E-state index < -0.39 is 0 Å². The summed E-state index contributed by atoms with van der Waals surface area (Å²) >= 11 is 0. The van der Waals surface area contributed by atoms with Gasteiger partial charge in [-0.2, -0.15) is 0 Å². The number of fused-ring (bicyclic) bond motifs is 1. The smallest absolute Gasteiger partial charge is 0.231 e. The van der Waals surface area contributed by atoms with Crippen LogP contribution in [0.3, 0.4) is 0 Å². The van der Waals surface area contributed by atoms with E-state index >= 15 is 0 Å². The lowest BCUT2D eigenvalue weighted by molar-refractivity contribution is -0.00860. The van der Waals surface area contributed by atoms with Crippen molar-refractivity contribution in [1.29, 1.82) is 0 Å². The minimum absolute atomic E-state index is 0.137. The van der Waals surface area contributed by atoms with Gasteiger partial charge >= 0.3 is 0 Å². The number of rotatable bonds is 5. The Labute approximate surface area is 145 Å². The van der Waals surface area contributed by atoms with Gasteiger partial charge in [0.1, 0.15) is 17.9 Å². The number of anilines is 1. The van der Waals surface area contributed by atoms with Crippen molar-refractivity contribution in [3.05, 3.63) is 42.7 Å². The third-order valence-electron chi connectivity index (χ3n) is 4.91. The van der Waals surface area contributed by atoms with Crippen molar-refractivity contribution in [2.24, 2.45) is 5.41 Å². The summed E-state index contributed by atoms with van der Waals surface area (Å²) in [5, 5.41) is 14.1. The van der Waals surface area contributed by atoms with Crippen LogP contribution in [0, 0.1) is 5.41 Å². The van der Waals surface area contributed by atoms with Gasteiger partial charge in [-0.05, 0) is 18.9 Å². The number of aliphatic hydroxyl groups is 1. The minimum atomic E-state index is -0.165. The number of furan rings is 1. The van der Waals surface area contributed by atoms with Gasteiger partial charge in [-0.1, -0.05) is 30.3 Å². The first-order chi connectivity index (χ1) is 12.3. The van der Waals surface area contributed by atoms with Gasteiger partial charge in [0.15, 0.2) is 0 Å². The summed E-state index contributed by atoms with van der Waals surface area (Å²) in [4.78, 5) is 8.60. The van der Waals surface area contributed by atoms with E-state index in [1.54, 1.807) is 0 Å². The van der Waals surface area contributed by atoms with E-state index in [0.717, 1.165) is 35.4 Å². The molecule has 3 aromatic rings. The first-order valence-corrected chi connectivity index (χ1v) is 8.52. The largest absolute Gasteiger partial charge is 0.438 e. The van der Waals surface area contributed by atoms with Gasteiger partial charge in [-0.25, -0.2) is 9.97 Å². The Bertz CT molecular complexity index is 842. The van der Waals surface area contributed by atoms with Gasteiger partial charge < -0.3 is 19.6 Å². The molecule has 1 fully saturated rings. The first-order valence-electron chi connectivity index (χ1n) is 8.52. The summed E-state index contributed by atoms with van der Waals surface area (Å²) in [6.45, 7) is 2.15. The molecule has 3 heterocycles. The lowest BCUT2D eigenvalue weighted by Crippen LogP contribution is -2.39. The highest BCUT2D eigenvalue weighted by Crippen LogP contribution is 2.33. The Morgan fingerprint density at radius 2 is 1.92 bits per heavy atom. The van der Waals surface area contributed by atoms with E-state index in [0.29, 0.717) is 25.5 Å². The summed E-state index contributed by atoms with van der Waals surface area (Å²) in [7, 11) is 0. The Kier molecular flexibility index (Phi) is 4.38. The van der Waals surface area contributed by atoms with Crippen LogP contribution in [-0.4, -0.2) is 41.4 Å².